The summed E-state index contributed by atoms with van der Waals surface area (Å²) < 4.78 is 0. The normalized spacial score (nSPS) is 19.4. The molecule has 1 saturated heterocycles. The minimum Gasteiger partial charge on any atom is -0.370 e. The Balaban J connectivity index is 1.43. The summed E-state index contributed by atoms with van der Waals surface area (Å²) in [6, 6.07) is 0. The molecule has 0 aromatic carbocycles. The molecule has 0 bridgehead atoms. The molecule has 2 aromatic heterocycles. The highest BCUT2D eigenvalue weighted by Crippen LogP contribution is 2.37. The maximum absolute atomic E-state index is 12.8. The summed E-state index contributed by atoms with van der Waals surface area (Å²) in [5, 5.41) is 4.29. The third-order valence-corrected chi connectivity index (χ3v) is 7.44. The number of hydrogen-bond donors (Lipinski definition) is 2. The van der Waals surface area contributed by atoms with E-state index in [4.69, 9.17) is 5.73 Å². The molecular weight excluding hydrogens is 374 g/mol. The molecule has 0 unspecified atom stereocenters. The maximum Gasteiger partial charge on any atom is 0.223 e. The topological polar surface area (TPSA) is 101 Å². The second-order valence-corrected chi connectivity index (χ2v) is 9.39. The number of anilines is 1. The van der Waals surface area contributed by atoms with Crippen LogP contribution in [0.5, 0.6) is 0 Å². The van der Waals surface area contributed by atoms with Crippen LogP contribution < -0.4 is 16.0 Å². The molecule has 2 fully saturated rings. The molecule has 0 spiro atoms. The summed E-state index contributed by atoms with van der Waals surface area (Å²) >= 11 is 1.70. The number of thiophene rings is 1. The number of nitrogens with one attached hydrogen (secondary N) is 1. The monoisotopic (exact) mass is 401 g/mol. The minimum atomic E-state index is -0.399. The summed E-state index contributed by atoms with van der Waals surface area (Å²) in [6.45, 7) is 5.82. The van der Waals surface area contributed by atoms with E-state index in [-0.39, 0.29) is 24.2 Å². The Kier molecular flexibility index (Phi) is 4.99. The zero-order valence-corrected chi connectivity index (χ0v) is 17.3. The second kappa shape index (κ2) is 7.31. The predicted molar refractivity (Wildman–Crippen MR) is 110 cm³/mol. The highest BCUT2D eigenvalue weighted by atomic mass is 32.1. The van der Waals surface area contributed by atoms with Crippen molar-refractivity contribution in [1.29, 1.82) is 0 Å². The number of aryl methyl sites for hydroxylation is 2. The van der Waals surface area contributed by atoms with Crippen molar-refractivity contribution in [1.82, 2.24) is 15.3 Å². The van der Waals surface area contributed by atoms with Gasteiger partial charge in [0.05, 0.1) is 5.39 Å². The van der Waals surface area contributed by atoms with E-state index < -0.39 is 5.54 Å². The van der Waals surface area contributed by atoms with Crippen molar-refractivity contribution in [3.8, 4) is 0 Å². The van der Waals surface area contributed by atoms with Gasteiger partial charge in [0.15, 0.2) is 0 Å². The van der Waals surface area contributed by atoms with Crippen LogP contribution in [-0.4, -0.2) is 40.4 Å². The van der Waals surface area contributed by atoms with Gasteiger partial charge in [0.25, 0.3) is 0 Å². The highest BCUT2D eigenvalue weighted by molar-refractivity contribution is 7.18. The van der Waals surface area contributed by atoms with E-state index in [9.17, 15) is 9.59 Å². The van der Waals surface area contributed by atoms with E-state index >= 15 is 0 Å². The highest BCUT2D eigenvalue weighted by Gasteiger charge is 2.41. The summed E-state index contributed by atoms with van der Waals surface area (Å²) in [4.78, 5) is 37.7. The van der Waals surface area contributed by atoms with Crippen LogP contribution >= 0.6 is 11.3 Å². The van der Waals surface area contributed by atoms with Gasteiger partial charge < -0.3 is 16.0 Å². The Labute approximate surface area is 168 Å². The maximum atomic E-state index is 12.8. The number of hydrogen-bond acceptors (Lipinski definition) is 6. The lowest BCUT2D eigenvalue weighted by molar-refractivity contribution is -0.130. The van der Waals surface area contributed by atoms with Gasteiger partial charge in [0, 0.05) is 35.8 Å². The smallest absolute Gasteiger partial charge is 0.223 e. The van der Waals surface area contributed by atoms with Crippen LogP contribution in [0.25, 0.3) is 10.2 Å². The molecule has 8 heteroatoms. The fraction of sp³-hybridized carbons (Fsp3) is 0.600. The molecule has 0 radical (unpaired) electrons. The lowest BCUT2D eigenvalue weighted by Crippen LogP contribution is -2.57. The van der Waals surface area contributed by atoms with Crippen molar-refractivity contribution >= 4 is 39.2 Å². The zero-order valence-electron chi connectivity index (χ0n) is 16.5. The minimum absolute atomic E-state index is 0.0239. The van der Waals surface area contributed by atoms with Crippen molar-refractivity contribution in [2.45, 2.75) is 57.9 Å². The van der Waals surface area contributed by atoms with Gasteiger partial charge in [-0.25, -0.2) is 9.97 Å². The first-order valence-corrected chi connectivity index (χ1v) is 10.8. The number of piperidine rings is 1. The van der Waals surface area contributed by atoms with Gasteiger partial charge in [-0.05, 0) is 51.5 Å². The van der Waals surface area contributed by atoms with Gasteiger partial charge in [-0.1, -0.05) is 0 Å². The number of carbonyl (C=O) groups excluding carboxylic acids is 2. The summed E-state index contributed by atoms with van der Waals surface area (Å²) in [6.07, 6.45) is 6.17. The number of primary amides is 1. The Hall–Kier alpha value is -2.22. The van der Waals surface area contributed by atoms with Crippen LogP contribution in [0.15, 0.2) is 6.33 Å². The number of nitrogens with two attached hydrogens (primary N) is 1. The summed E-state index contributed by atoms with van der Waals surface area (Å²) in [5.41, 5.74) is 6.22. The van der Waals surface area contributed by atoms with Crippen LogP contribution in [0.2, 0.25) is 0 Å². The lowest BCUT2D eigenvalue weighted by Gasteiger charge is -2.43. The molecule has 1 aliphatic carbocycles. The zero-order chi connectivity index (χ0) is 19.9. The van der Waals surface area contributed by atoms with Crippen molar-refractivity contribution in [3.63, 3.8) is 0 Å². The molecule has 2 aliphatic rings. The first kappa shape index (κ1) is 19.1. The third kappa shape index (κ3) is 3.45. The second-order valence-electron chi connectivity index (χ2n) is 8.19. The van der Waals surface area contributed by atoms with Crippen LogP contribution in [0.4, 0.5) is 5.82 Å². The Bertz CT molecular complexity index is 913. The summed E-state index contributed by atoms with van der Waals surface area (Å²) in [7, 11) is 0. The van der Waals surface area contributed by atoms with Crippen molar-refractivity contribution in [2.75, 3.05) is 18.0 Å². The number of fused-ring (bicyclic) bond motifs is 1. The van der Waals surface area contributed by atoms with Gasteiger partial charge in [-0.15, -0.1) is 11.3 Å². The average molecular weight is 402 g/mol. The molecule has 7 nitrogen and oxygen atoms in total. The van der Waals surface area contributed by atoms with Gasteiger partial charge >= 0.3 is 0 Å². The lowest BCUT2D eigenvalue weighted by atomic mass is 9.73. The van der Waals surface area contributed by atoms with E-state index in [0.717, 1.165) is 61.2 Å². The van der Waals surface area contributed by atoms with E-state index in [1.165, 1.54) is 10.4 Å². The molecule has 1 saturated carbocycles. The Morgan fingerprint density at radius 3 is 2.61 bits per heavy atom. The standard InChI is InChI=1S/C20H27N5O2S/c1-12-13(2)28-19-16(12)17(22-11-23-19)25-8-4-14(5-9-25)18(27)24-20(6-3-7-20)10-15(21)26/h11,14H,3-10H2,1-2H3,(H2,21,26)(H,24,27). The van der Waals surface area contributed by atoms with E-state index in [1.807, 2.05) is 0 Å². The van der Waals surface area contributed by atoms with Gasteiger partial charge in [0.1, 0.15) is 17.0 Å². The van der Waals surface area contributed by atoms with Crippen LogP contribution in [0.3, 0.4) is 0 Å². The van der Waals surface area contributed by atoms with E-state index in [1.54, 1.807) is 17.7 Å². The van der Waals surface area contributed by atoms with Crippen LogP contribution in [0, 0.1) is 19.8 Å². The van der Waals surface area contributed by atoms with Crippen LogP contribution in [-0.2, 0) is 9.59 Å². The van der Waals surface area contributed by atoms with Gasteiger partial charge in [-0.3, -0.25) is 9.59 Å². The predicted octanol–water partition coefficient (Wildman–Crippen LogP) is 2.44. The van der Waals surface area contributed by atoms with Crippen molar-refractivity contribution < 1.29 is 9.59 Å². The molecule has 4 rings (SSSR count). The average Bonchev–Trinajstić information content (AvgIpc) is 2.94. The number of aromatic nitrogens is 2. The number of rotatable bonds is 5. The molecule has 2 aromatic rings. The Morgan fingerprint density at radius 1 is 1.29 bits per heavy atom. The SMILES string of the molecule is Cc1sc2ncnc(N3CCC(C(=O)NC4(CC(N)=O)CCC4)CC3)c2c1C. The van der Waals surface area contributed by atoms with Crippen LogP contribution in [0.1, 0.15) is 49.0 Å². The molecule has 3 N–H and O–H groups in total. The molecule has 0 atom stereocenters. The molecule has 2 amide bonds. The molecule has 28 heavy (non-hydrogen) atoms. The van der Waals surface area contributed by atoms with Gasteiger partial charge in [0.2, 0.25) is 11.8 Å². The fourth-order valence-corrected chi connectivity index (χ4v) is 5.39. The molecule has 1 aliphatic heterocycles. The largest absolute Gasteiger partial charge is 0.370 e. The van der Waals surface area contributed by atoms with Crippen molar-refractivity contribution in [2.24, 2.45) is 11.7 Å². The molecule has 150 valence electrons. The first-order chi connectivity index (χ1) is 13.4. The van der Waals surface area contributed by atoms with Crippen molar-refractivity contribution in [3.05, 3.63) is 16.8 Å². The molecule has 3 heterocycles. The van der Waals surface area contributed by atoms with Gasteiger partial charge in [-0.2, -0.15) is 0 Å². The number of nitrogens with zero attached hydrogens (tertiary/aromatic N) is 3. The summed E-state index contributed by atoms with van der Waals surface area (Å²) in [5.74, 6) is 0.680. The third-order valence-electron chi connectivity index (χ3n) is 6.32. The first-order valence-electron chi connectivity index (χ1n) is 9.94. The van der Waals surface area contributed by atoms with E-state index in [2.05, 4.69) is 34.0 Å². The molecular formula is C20H27N5O2S. The number of carbonyl (C=O) groups is 2. The number of amides is 2. The Morgan fingerprint density at radius 2 is 2.00 bits per heavy atom. The fourth-order valence-electron chi connectivity index (χ4n) is 4.40. The quantitative estimate of drug-likeness (QED) is 0.801. The van der Waals surface area contributed by atoms with E-state index in [0.29, 0.717) is 0 Å².